The van der Waals surface area contributed by atoms with Crippen molar-refractivity contribution in [2.45, 2.75) is 45.4 Å². The Labute approximate surface area is 79.0 Å². The van der Waals surface area contributed by atoms with Gasteiger partial charge in [0.15, 0.2) is 0 Å². The van der Waals surface area contributed by atoms with Crippen molar-refractivity contribution >= 4 is 5.91 Å². The van der Waals surface area contributed by atoms with Crippen LogP contribution in [0.4, 0.5) is 0 Å². The molecular formula is C10H17NO2. The van der Waals surface area contributed by atoms with Gasteiger partial charge in [-0.15, -0.1) is 0 Å². The van der Waals surface area contributed by atoms with E-state index in [1.54, 1.807) is 0 Å². The van der Waals surface area contributed by atoms with Gasteiger partial charge in [0.2, 0.25) is 5.91 Å². The highest BCUT2D eigenvalue weighted by Gasteiger charge is 2.47. The molecule has 2 rings (SSSR count). The maximum Gasteiger partial charge on any atom is 0.227 e. The molecule has 0 spiro atoms. The van der Waals surface area contributed by atoms with Gasteiger partial charge in [0.05, 0.1) is 12.6 Å². The van der Waals surface area contributed by atoms with E-state index in [9.17, 15) is 4.79 Å². The maximum absolute atomic E-state index is 11.9. The van der Waals surface area contributed by atoms with E-state index in [2.05, 4.69) is 0 Å². The van der Waals surface area contributed by atoms with Gasteiger partial charge in [-0.05, 0) is 26.7 Å². The molecule has 2 heterocycles. The van der Waals surface area contributed by atoms with Gasteiger partial charge >= 0.3 is 0 Å². The summed E-state index contributed by atoms with van der Waals surface area (Å²) in [5.74, 6) is 0.441. The first-order valence-electron chi connectivity index (χ1n) is 4.99. The van der Waals surface area contributed by atoms with Crippen LogP contribution in [0.15, 0.2) is 0 Å². The van der Waals surface area contributed by atoms with Crippen LogP contribution in [-0.2, 0) is 9.53 Å². The molecule has 3 nitrogen and oxygen atoms in total. The lowest BCUT2D eigenvalue weighted by molar-refractivity contribution is -0.153. The average Bonchev–Trinajstić information content (AvgIpc) is 2.35. The summed E-state index contributed by atoms with van der Waals surface area (Å²) in [6.45, 7) is 6.67. The SMILES string of the molecule is C[C@@H]1CC[C@H]2COC(C)(C)N2C1=O. The zero-order valence-corrected chi connectivity index (χ0v) is 8.54. The number of rotatable bonds is 0. The Morgan fingerprint density at radius 2 is 2.15 bits per heavy atom. The summed E-state index contributed by atoms with van der Waals surface area (Å²) in [4.78, 5) is 13.8. The third-order valence-corrected chi connectivity index (χ3v) is 3.17. The average molecular weight is 183 g/mol. The van der Waals surface area contributed by atoms with E-state index >= 15 is 0 Å². The zero-order chi connectivity index (χ0) is 9.64. The first-order chi connectivity index (χ1) is 6.02. The lowest BCUT2D eigenvalue weighted by atomic mass is 9.93. The standard InChI is InChI=1S/C10H17NO2/c1-7-4-5-8-6-13-10(2,3)11(8)9(7)12/h7-8H,4-6H2,1-3H3/t7-,8+/m1/s1. The van der Waals surface area contributed by atoms with Crippen molar-refractivity contribution in [1.29, 1.82) is 0 Å². The number of carbonyl (C=O) groups excluding carboxylic acids is 1. The van der Waals surface area contributed by atoms with Crippen LogP contribution >= 0.6 is 0 Å². The van der Waals surface area contributed by atoms with E-state index in [-0.39, 0.29) is 17.6 Å². The van der Waals surface area contributed by atoms with Gasteiger partial charge in [-0.2, -0.15) is 0 Å². The van der Waals surface area contributed by atoms with Crippen molar-refractivity contribution < 1.29 is 9.53 Å². The van der Waals surface area contributed by atoms with Crippen molar-refractivity contribution in [2.75, 3.05) is 6.61 Å². The van der Waals surface area contributed by atoms with Gasteiger partial charge in [0.25, 0.3) is 0 Å². The predicted molar refractivity (Wildman–Crippen MR) is 49.1 cm³/mol. The molecule has 74 valence electrons. The Morgan fingerprint density at radius 3 is 2.85 bits per heavy atom. The first-order valence-corrected chi connectivity index (χ1v) is 4.99. The Kier molecular flexibility index (Phi) is 1.88. The molecule has 0 saturated carbocycles. The Hall–Kier alpha value is -0.570. The highest BCUT2D eigenvalue weighted by molar-refractivity contribution is 5.80. The van der Waals surface area contributed by atoms with Crippen molar-refractivity contribution in [3.63, 3.8) is 0 Å². The quantitative estimate of drug-likeness (QED) is 0.568. The second-order valence-corrected chi connectivity index (χ2v) is 4.60. The zero-order valence-electron chi connectivity index (χ0n) is 8.54. The van der Waals surface area contributed by atoms with Crippen LogP contribution in [0.2, 0.25) is 0 Å². The molecular weight excluding hydrogens is 166 g/mol. The molecule has 0 bridgehead atoms. The van der Waals surface area contributed by atoms with E-state index in [4.69, 9.17) is 4.74 Å². The molecule has 0 unspecified atom stereocenters. The van der Waals surface area contributed by atoms with Crippen molar-refractivity contribution in [3.8, 4) is 0 Å². The second kappa shape index (κ2) is 2.71. The molecule has 0 radical (unpaired) electrons. The minimum Gasteiger partial charge on any atom is -0.354 e. The predicted octanol–water partition coefficient (Wildman–Crippen LogP) is 1.38. The van der Waals surface area contributed by atoms with E-state index < -0.39 is 0 Å². The molecule has 3 heteroatoms. The topological polar surface area (TPSA) is 29.5 Å². The monoisotopic (exact) mass is 183 g/mol. The largest absolute Gasteiger partial charge is 0.354 e. The Morgan fingerprint density at radius 1 is 1.46 bits per heavy atom. The van der Waals surface area contributed by atoms with Gasteiger partial charge in [-0.25, -0.2) is 0 Å². The van der Waals surface area contributed by atoms with Crippen LogP contribution in [0.1, 0.15) is 33.6 Å². The number of ether oxygens (including phenoxy) is 1. The Bertz CT molecular complexity index is 237. The van der Waals surface area contributed by atoms with Crippen LogP contribution < -0.4 is 0 Å². The molecule has 0 aromatic rings. The van der Waals surface area contributed by atoms with Crippen molar-refractivity contribution in [1.82, 2.24) is 4.90 Å². The summed E-state index contributed by atoms with van der Waals surface area (Å²) in [5, 5.41) is 0. The van der Waals surface area contributed by atoms with E-state index in [1.165, 1.54) is 0 Å². The fourth-order valence-corrected chi connectivity index (χ4v) is 2.34. The minimum atomic E-state index is -0.379. The van der Waals surface area contributed by atoms with E-state index in [1.807, 2.05) is 25.7 Å². The molecule has 13 heavy (non-hydrogen) atoms. The highest BCUT2D eigenvalue weighted by atomic mass is 16.5. The minimum absolute atomic E-state index is 0.178. The van der Waals surface area contributed by atoms with Crippen molar-refractivity contribution in [2.24, 2.45) is 5.92 Å². The van der Waals surface area contributed by atoms with Crippen LogP contribution in [0.25, 0.3) is 0 Å². The molecule has 2 atom stereocenters. The molecule has 2 aliphatic heterocycles. The van der Waals surface area contributed by atoms with Gasteiger partial charge in [-0.1, -0.05) is 6.92 Å². The fraction of sp³-hybridized carbons (Fsp3) is 0.900. The molecule has 0 aromatic carbocycles. The molecule has 1 amide bonds. The number of nitrogens with zero attached hydrogens (tertiary/aromatic N) is 1. The van der Waals surface area contributed by atoms with Gasteiger partial charge < -0.3 is 9.64 Å². The summed E-state index contributed by atoms with van der Waals surface area (Å²) in [6.07, 6.45) is 2.11. The maximum atomic E-state index is 11.9. The number of hydrogen-bond acceptors (Lipinski definition) is 2. The van der Waals surface area contributed by atoms with Gasteiger partial charge in [-0.3, -0.25) is 4.79 Å². The number of hydrogen-bond donors (Lipinski definition) is 0. The first kappa shape index (κ1) is 9.00. The molecule has 2 fully saturated rings. The van der Waals surface area contributed by atoms with E-state index in [0.717, 1.165) is 12.8 Å². The lowest BCUT2D eigenvalue weighted by Gasteiger charge is -2.39. The second-order valence-electron chi connectivity index (χ2n) is 4.60. The number of fused-ring (bicyclic) bond motifs is 1. The Balaban J connectivity index is 2.25. The van der Waals surface area contributed by atoms with Crippen LogP contribution in [0.3, 0.4) is 0 Å². The smallest absolute Gasteiger partial charge is 0.227 e. The van der Waals surface area contributed by atoms with Crippen molar-refractivity contribution in [3.05, 3.63) is 0 Å². The summed E-state index contributed by atoms with van der Waals surface area (Å²) < 4.78 is 5.61. The fourth-order valence-electron chi connectivity index (χ4n) is 2.34. The molecule has 2 saturated heterocycles. The van der Waals surface area contributed by atoms with Crippen LogP contribution in [0, 0.1) is 5.92 Å². The third-order valence-electron chi connectivity index (χ3n) is 3.17. The number of carbonyl (C=O) groups is 1. The van der Waals surface area contributed by atoms with Crippen LogP contribution in [-0.4, -0.2) is 29.2 Å². The third kappa shape index (κ3) is 1.26. The summed E-state index contributed by atoms with van der Waals surface area (Å²) in [5.41, 5.74) is -0.379. The highest BCUT2D eigenvalue weighted by Crippen LogP contribution is 2.35. The molecule has 0 aromatic heterocycles. The summed E-state index contributed by atoms with van der Waals surface area (Å²) in [7, 11) is 0. The summed E-state index contributed by atoms with van der Waals surface area (Å²) >= 11 is 0. The summed E-state index contributed by atoms with van der Waals surface area (Å²) in [6, 6.07) is 0.332. The molecule has 0 aliphatic carbocycles. The van der Waals surface area contributed by atoms with Crippen LogP contribution in [0.5, 0.6) is 0 Å². The molecule has 0 N–H and O–H groups in total. The van der Waals surface area contributed by atoms with Gasteiger partial charge in [0, 0.05) is 5.92 Å². The van der Waals surface area contributed by atoms with E-state index in [0.29, 0.717) is 12.6 Å². The number of amides is 1. The van der Waals surface area contributed by atoms with Gasteiger partial charge in [0.1, 0.15) is 5.72 Å². The normalized spacial score (nSPS) is 37.8. The lowest BCUT2D eigenvalue weighted by Crippen LogP contribution is -2.52. The number of piperidine rings is 1. The molecule has 2 aliphatic rings.